The molecule has 0 fully saturated rings. The molecule has 0 saturated heterocycles. The Morgan fingerprint density at radius 3 is 2.31 bits per heavy atom. The van der Waals surface area contributed by atoms with Crippen LogP contribution in [0.2, 0.25) is 0 Å². The third kappa shape index (κ3) is 6.58. The largest absolute Gasteiger partial charge is 0.481 e. The highest BCUT2D eigenvalue weighted by molar-refractivity contribution is 5.70. The Bertz CT molecular complexity index is 158. The van der Waals surface area contributed by atoms with Crippen molar-refractivity contribution in [1.29, 1.82) is 0 Å². The van der Waals surface area contributed by atoms with Crippen LogP contribution >= 0.6 is 0 Å². The average Bonchev–Trinajstić information content (AvgIpc) is 1.95. The van der Waals surface area contributed by atoms with Crippen molar-refractivity contribution in [3.8, 4) is 0 Å². The number of carboxylic acid groups (broad SMARTS) is 1. The zero-order valence-corrected chi connectivity index (χ0v) is 8.96. The van der Waals surface area contributed by atoms with Crippen LogP contribution in [-0.4, -0.2) is 24.8 Å². The molecule has 3 heteroatoms. The first-order valence-electron chi connectivity index (χ1n) is 4.58. The molecule has 0 aliphatic carbocycles. The van der Waals surface area contributed by atoms with Crippen molar-refractivity contribution in [2.24, 2.45) is 11.3 Å². The van der Waals surface area contributed by atoms with Gasteiger partial charge in [0.15, 0.2) is 0 Å². The topological polar surface area (TPSA) is 46.5 Å². The van der Waals surface area contributed by atoms with Crippen molar-refractivity contribution in [1.82, 2.24) is 0 Å². The van der Waals surface area contributed by atoms with Gasteiger partial charge in [-0.3, -0.25) is 4.79 Å². The Hall–Kier alpha value is -0.570. The Kier molecular flexibility index (Phi) is 4.99. The molecule has 0 aliphatic heterocycles. The van der Waals surface area contributed by atoms with E-state index < -0.39 is 5.97 Å². The van der Waals surface area contributed by atoms with Gasteiger partial charge in [0.05, 0.1) is 12.5 Å². The molecule has 0 spiro atoms. The van der Waals surface area contributed by atoms with Gasteiger partial charge in [0.1, 0.15) is 0 Å². The van der Waals surface area contributed by atoms with Crippen LogP contribution in [0.5, 0.6) is 0 Å². The maximum atomic E-state index is 10.7. The maximum absolute atomic E-state index is 10.7. The van der Waals surface area contributed by atoms with Gasteiger partial charge in [-0.05, 0) is 18.3 Å². The average molecular weight is 188 g/mol. The zero-order valence-electron chi connectivity index (χ0n) is 8.96. The van der Waals surface area contributed by atoms with Gasteiger partial charge in [0.25, 0.3) is 0 Å². The molecule has 0 amide bonds. The molecule has 1 N–H and O–H groups in total. The Balaban J connectivity index is 3.90. The Morgan fingerprint density at radius 2 is 2.00 bits per heavy atom. The van der Waals surface area contributed by atoms with E-state index in [1.54, 1.807) is 0 Å². The molecular weight excluding hydrogens is 168 g/mol. The molecule has 13 heavy (non-hydrogen) atoms. The zero-order chi connectivity index (χ0) is 10.5. The molecule has 0 aromatic carbocycles. The number of aliphatic carboxylic acids is 1. The smallest absolute Gasteiger partial charge is 0.308 e. The number of methoxy groups -OCH3 is 1. The highest BCUT2D eigenvalue weighted by atomic mass is 16.5. The molecule has 78 valence electrons. The van der Waals surface area contributed by atoms with Crippen LogP contribution < -0.4 is 0 Å². The van der Waals surface area contributed by atoms with E-state index >= 15 is 0 Å². The van der Waals surface area contributed by atoms with Crippen LogP contribution in [0.3, 0.4) is 0 Å². The van der Waals surface area contributed by atoms with Crippen LogP contribution in [0.4, 0.5) is 0 Å². The highest BCUT2D eigenvalue weighted by Crippen LogP contribution is 2.23. The predicted molar refractivity (Wildman–Crippen MR) is 51.7 cm³/mol. The summed E-state index contributed by atoms with van der Waals surface area (Å²) < 4.78 is 4.85. The lowest BCUT2D eigenvalue weighted by molar-refractivity contribution is -0.144. The molecule has 0 aromatic rings. The van der Waals surface area contributed by atoms with E-state index in [9.17, 15) is 4.79 Å². The fourth-order valence-corrected chi connectivity index (χ4v) is 1.09. The molecule has 0 aromatic heterocycles. The normalized spacial score (nSPS) is 14.2. The molecule has 0 heterocycles. The fraction of sp³-hybridized carbons (Fsp3) is 0.900. The number of rotatable bonds is 5. The van der Waals surface area contributed by atoms with E-state index in [1.807, 2.05) is 0 Å². The lowest BCUT2D eigenvalue weighted by Crippen LogP contribution is -2.21. The van der Waals surface area contributed by atoms with Gasteiger partial charge in [-0.1, -0.05) is 20.8 Å². The lowest BCUT2D eigenvalue weighted by Gasteiger charge is -2.20. The van der Waals surface area contributed by atoms with E-state index in [0.717, 1.165) is 6.42 Å². The highest BCUT2D eigenvalue weighted by Gasteiger charge is 2.20. The number of carboxylic acids is 1. The first-order chi connectivity index (χ1) is 5.87. The van der Waals surface area contributed by atoms with Crippen molar-refractivity contribution >= 4 is 5.97 Å². The second kappa shape index (κ2) is 5.22. The minimum Gasteiger partial charge on any atom is -0.481 e. The summed E-state index contributed by atoms with van der Waals surface area (Å²) >= 11 is 0. The number of hydrogen-bond donors (Lipinski definition) is 1. The van der Waals surface area contributed by atoms with E-state index in [4.69, 9.17) is 9.84 Å². The number of hydrogen-bond acceptors (Lipinski definition) is 2. The monoisotopic (exact) mass is 188 g/mol. The molecule has 0 rings (SSSR count). The fourth-order valence-electron chi connectivity index (χ4n) is 1.09. The van der Waals surface area contributed by atoms with Crippen LogP contribution in [0.1, 0.15) is 33.6 Å². The number of ether oxygens (including phenoxy) is 1. The van der Waals surface area contributed by atoms with Gasteiger partial charge < -0.3 is 9.84 Å². The molecule has 3 nitrogen and oxygen atoms in total. The quantitative estimate of drug-likeness (QED) is 0.719. The second-order valence-electron chi connectivity index (χ2n) is 4.59. The van der Waals surface area contributed by atoms with Gasteiger partial charge >= 0.3 is 5.97 Å². The summed E-state index contributed by atoms with van der Waals surface area (Å²) in [5.41, 5.74) is 0.196. The molecule has 0 radical (unpaired) electrons. The second-order valence-corrected chi connectivity index (χ2v) is 4.59. The molecule has 0 saturated carbocycles. The van der Waals surface area contributed by atoms with E-state index in [2.05, 4.69) is 20.8 Å². The Morgan fingerprint density at radius 1 is 1.46 bits per heavy atom. The van der Waals surface area contributed by atoms with Crippen LogP contribution in [0.25, 0.3) is 0 Å². The summed E-state index contributed by atoms with van der Waals surface area (Å²) in [7, 11) is 1.53. The van der Waals surface area contributed by atoms with Gasteiger partial charge in [-0.15, -0.1) is 0 Å². The minimum absolute atomic E-state index is 0.196. The molecular formula is C10H20O3. The van der Waals surface area contributed by atoms with Crippen LogP contribution in [0.15, 0.2) is 0 Å². The van der Waals surface area contributed by atoms with Crippen LogP contribution in [-0.2, 0) is 9.53 Å². The van der Waals surface area contributed by atoms with Crippen LogP contribution in [0, 0.1) is 11.3 Å². The van der Waals surface area contributed by atoms with Crippen molar-refractivity contribution in [2.75, 3.05) is 13.7 Å². The van der Waals surface area contributed by atoms with Crippen molar-refractivity contribution < 1.29 is 14.6 Å². The summed E-state index contributed by atoms with van der Waals surface area (Å²) in [6, 6.07) is 0. The first-order valence-corrected chi connectivity index (χ1v) is 4.58. The van der Waals surface area contributed by atoms with Crippen molar-refractivity contribution in [3.63, 3.8) is 0 Å². The van der Waals surface area contributed by atoms with Gasteiger partial charge in [-0.2, -0.15) is 0 Å². The van der Waals surface area contributed by atoms with Gasteiger partial charge in [0, 0.05) is 7.11 Å². The Labute approximate surface area is 80.1 Å². The maximum Gasteiger partial charge on any atom is 0.308 e. The standard InChI is InChI=1S/C10H20O3/c1-10(2,3)6-5-8(7-13-4)9(11)12/h8H,5-7H2,1-4H3,(H,11,12). The van der Waals surface area contributed by atoms with Gasteiger partial charge in [-0.25, -0.2) is 0 Å². The third-order valence-corrected chi connectivity index (χ3v) is 1.96. The predicted octanol–water partition coefficient (Wildman–Crippen LogP) is 2.16. The summed E-state index contributed by atoms with van der Waals surface area (Å²) in [5, 5.41) is 8.82. The van der Waals surface area contributed by atoms with Crippen molar-refractivity contribution in [2.45, 2.75) is 33.6 Å². The molecule has 0 bridgehead atoms. The third-order valence-electron chi connectivity index (χ3n) is 1.96. The van der Waals surface area contributed by atoms with E-state index in [1.165, 1.54) is 7.11 Å². The minimum atomic E-state index is -0.758. The SMILES string of the molecule is COCC(CCC(C)(C)C)C(=O)O. The summed E-state index contributed by atoms with van der Waals surface area (Å²) in [6.45, 7) is 6.64. The number of carbonyl (C=O) groups is 1. The van der Waals surface area contributed by atoms with E-state index in [0.29, 0.717) is 13.0 Å². The molecule has 0 aliphatic rings. The molecule has 1 unspecified atom stereocenters. The summed E-state index contributed by atoms with van der Waals surface area (Å²) in [5.74, 6) is -1.12. The van der Waals surface area contributed by atoms with Crippen molar-refractivity contribution in [3.05, 3.63) is 0 Å². The summed E-state index contributed by atoms with van der Waals surface area (Å²) in [6.07, 6.45) is 1.60. The molecule has 1 atom stereocenters. The van der Waals surface area contributed by atoms with E-state index in [-0.39, 0.29) is 11.3 Å². The lowest BCUT2D eigenvalue weighted by atomic mass is 9.87. The first kappa shape index (κ1) is 12.4. The van der Waals surface area contributed by atoms with Gasteiger partial charge in [0.2, 0.25) is 0 Å². The summed E-state index contributed by atoms with van der Waals surface area (Å²) in [4.78, 5) is 10.7.